The van der Waals surface area contributed by atoms with Gasteiger partial charge >= 0.3 is 6.72 Å². The minimum absolute atomic E-state index is 0.477. The van der Waals surface area contributed by atoms with E-state index in [9.17, 15) is 0 Å². The number of hydrogen-bond acceptors (Lipinski definition) is 4. The monoisotopic (exact) mass is 352 g/mol. The van der Waals surface area contributed by atoms with Gasteiger partial charge in [-0.2, -0.15) is 0 Å². The molecule has 0 saturated heterocycles. The fourth-order valence-corrected chi connectivity index (χ4v) is 2.82. The van der Waals surface area contributed by atoms with Crippen LogP contribution in [0.1, 0.15) is 13.8 Å². The highest BCUT2D eigenvalue weighted by atomic mass is 79.9. The lowest BCUT2D eigenvalue weighted by atomic mass is 10.9. The highest BCUT2D eigenvalue weighted by Crippen LogP contribution is 2.50. The van der Waals surface area contributed by atoms with Crippen LogP contribution in [0.15, 0.2) is 9.65 Å². The molecule has 0 atom stereocenters. The van der Waals surface area contributed by atoms with Gasteiger partial charge in [-0.1, -0.05) is 0 Å². The summed E-state index contributed by atoms with van der Waals surface area (Å²) in [4.78, 5) is 0. The van der Waals surface area contributed by atoms with Crippen molar-refractivity contribution in [3.63, 3.8) is 0 Å². The molecule has 0 aromatic rings. The van der Waals surface area contributed by atoms with Crippen LogP contribution in [0.25, 0.3) is 0 Å². The van der Waals surface area contributed by atoms with E-state index < -0.39 is 6.72 Å². The zero-order valence-corrected chi connectivity index (χ0v) is 12.2. The summed E-state index contributed by atoms with van der Waals surface area (Å²) in [6, 6.07) is 0. The molecule has 0 spiro atoms. The van der Waals surface area contributed by atoms with E-state index in [-0.39, 0.29) is 0 Å². The van der Waals surface area contributed by atoms with Crippen molar-refractivity contribution in [3.05, 3.63) is 9.65 Å². The smallest absolute Gasteiger partial charge is 0.380 e. The second-order valence-corrected chi connectivity index (χ2v) is 7.53. The van der Waals surface area contributed by atoms with E-state index >= 15 is 0 Å². The lowest BCUT2D eigenvalue weighted by molar-refractivity contribution is 0.204. The zero-order chi connectivity index (χ0) is 10.3. The Balaban J connectivity index is 4.24. The normalized spacial score (nSPS) is 11.1. The van der Waals surface area contributed by atoms with Crippen LogP contribution >= 0.6 is 38.6 Å². The summed E-state index contributed by atoms with van der Waals surface area (Å²) < 4.78 is 16.3. The Bertz CT molecular complexity index is 208. The van der Waals surface area contributed by atoms with Gasteiger partial charge in [0.1, 0.15) is 6.26 Å². The molecule has 0 aromatic carbocycles. The molecule has 13 heavy (non-hydrogen) atoms. The summed E-state index contributed by atoms with van der Waals surface area (Å²) >= 11 is 11.4. The molecule has 0 N–H and O–H groups in total. The van der Waals surface area contributed by atoms with Crippen molar-refractivity contribution < 1.29 is 13.6 Å². The van der Waals surface area contributed by atoms with Crippen molar-refractivity contribution >= 4 is 50.4 Å². The number of rotatable bonds is 6. The topological polar surface area (TPSA) is 27.7 Å². The maximum absolute atomic E-state index is 5.22. The average molecular weight is 354 g/mol. The minimum atomic E-state index is -2.58. The second-order valence-electron chi connectivity index (χ2n) is 1.80. The third kappa shape index (κ3) is 7.05. The van der Waals surface area contributed by atoms with Gasteiger partial charge in [-0.25, -0.2) is 0 Å². The lowest BCUT2D eigenvalue weighted by Gasteiger charge is -2.18. The first-order chi connectivity index (χ1) is 6.04. The van der Waals surface area contributed by atoms with Crippen LogP contribution in [0, 0.1) is 0 Å². The van der Waals surface area contributed by atoms with Crippen LogP contribution in [0.2, 0.25) is 0 Å². The molecule has 0 fully saturated rings. The Labute approximate surface area is 100 Å². The van der Waals surface area contributed by atoms with Crippen LogP contribution < -0.4 is 0 Å². The van der Waals surface area contributed by atoms with Gasteiger partial charge < -0.3 is 4.52 Å². The maximum atomic E-state index is 5.22. The fourth-order valence-electron chi connectivity index (χ4n) is 0.519. The van der Waals surface area contributed by atoms with Gasteiger partial charge in [-0.15, -0.1) is 0 Å². The molecule has 0 aliphatic rings. The van der Waals surface area contributed by atoms with Gasteiger partial charge in [0.2, 0.25) is 0 Å². The second kappa shape index (κ2) is 7.37. The van der Waals surface area contributed by atoms with Crippen molar-refractivity contribution in [2.45, 2.75) is 13.8 Å². The number of hydrogen-bond donors (Lipinski definition) is 0. The van der Waals surface area contributed by atoms with Gasteiger partial charge in [-0.05, 0) is 45.7 Å². The molecular weight excluding hydrogens is 343 g/mol. The number of halogens is 2. The predicted molar refractivity (Wildman–Crippen MR) is 64.6 cm³/mol. The summed E-state index contributed by atoms with van der Waals surface area (Å²) in [6.45, 7) is 2.07. The van der Waals surface area contributed by atoms with E-state index in [0.717, 1.165) is 0 Å². The molecule has 0 saturated carbocycles. The van der Waals surface area contributed by atoms with E-state index in [2.05, 4.69) is 31.9 Å². The van der Waals surface area contributed by atoms with Crippen molar-refractivity contribution in [1.82, 2.24) is 0 Å². The van der Waals surface area contributed by atoms with Gasteiger partial charge in [-0.3, -0.25) is 9.05 Å². The molecule has 78 valence electrons. The van der Waals surface area contributed by atoms with Crippen LogP contribution in [-0.2, 0) is 25.4 Å². The van der Waals surface area contributed by atoms with E-state index in [1.807, 2.05) is 13.8 Å². The van der Waals surface area contributed by atoms with Crippen LogP contribution in [-0.4, -0.2) is 13.2 Å². The van der Waals surface area contributed by atoms with E-state index in [1.54, 1.807) is 0 Å². The summed E-state index contributed by atoms with van der Waals surface area (Å²) in [5, 5.41) is 0. The van der Waals surface area contributed by atoms with Gasteiger partial charge in [0.15, 0.2) is 0 Å². The van der Waals surface area contributed by atoms with Gasteiger partial charge in [0.05, 0.1) is 16.6 Å². The van der Waals surface area contributed by atoms with Crippen LogP contribution in [0.5, 0.6) is 0 Å². The molecule has 3 nitrogen and oxygen atoms in total. The third-order valence-electron chi connectivity index (χ3n) is 0.845. The molecule has 0 unspecified atom stereocenters. The molecule has 0 rings (SSSR count). The van der Waals surface area contributed by atoms with Crippen LogP contribution in [0.4, 0.5) is 0 Å². The molecule has 0 heterocycles. The summed E-state index contributed by atoms with van der Waals surface area (Å²) in [7, 11) is 0. The Kier molecular flexibility index (Phi) is 7.98. The van der Waals surface area contributed by atoms with Crippen molar-refractivity contribution in [1.29, 1.82) is 0 Å². The quantitative estimate of drug-likeness (QED) is 0.535. The SMILES string of the molecule is CCOP(=S)(OC=C(Br)Br)OCC. The van der Waals surface area contributed by atoms with E-state index in [1.165, 1.54) is 6.26 Å². The van der Waals surface area contributed by atoms with E-state index in [4.69, 9.17) is 25.4 Å². The average Bonchev–Trinajstić information content (AvgIpc) is 2.02. The Morgan fingerprint density at radius 3 is 2.08 bits per heavy atom. The third-order valence-corrected chi connectivity index (χ3v) is 3.62. The fraction of sp³-hybridized carbons (Fsp3) is 0.667. The summed E-state index contributed by atoms with van der Waals surface area (Å²) in [5.41, 5.74) is 0. The van der Waals surface area contributed by atoms with Crippen molar-refractivity contribution in [2.75, 3.05) is 13.2 Å². The van der Waals surface area contributed by atoms with Gasteiger partial charge in [0, 0.05) is 11.8 Å². The summed E-state index contributed by atoms with van der Waals surface area (Å²) in [5.74, 6) is 0. The molecule has 7 heteroatoms. The maximum Gasteiger partial charge on any atom is 0.380 e. The highest BCUT2D eigenvalue weighted by molar-refractivity contribution is 9.28. The Hall–Kier alpha value is 1.07. The summed E-state index contributed by atoms with van der Waals surface area (Å²) in [6.07, 6.45) is 1.42. The first kappa shape index (κ1) is 14.1. The standard InChI is InChI=1S/C6H11Br2O3PS/c1-3-9-12(13,10-4-2)11-5-6(7)8/h5H,3-4H2,1-2H3. The predicted octanol–water partition coefficient (Wildman–Crippen LogP) is 3.89. The molecule has 0 aromatic heterocycles. The lowest BCUT2D eigenvalue weighted by Crippen LogP contribution is -1.96. The molecule has 0 radical (unpaired) electrons. The molecule has 0 aliphatic carbocycles. The van der Waals surface area contributed by atoms with Gasteiger partial charge in [0.25, 0.3) is 0 Å². The molecule has 0 amide bonds. The zero-order valence-electron chi connectivity index (χ0n) is 7.33. The van der Waals surface area contributed by atoms with Crippen molar-refractivity contribution in [2.24, 2.45) is 0 Å². The highest BCUT2D eigenvalue weighted by Gasteiger charge is 2.18. The molecule has 0 aliphatic heterocycles. The minimum Gasteiger partial charge on any atom is -0.430 e. The first-order valence-corrected chi connectivity index (χ1v) is 7.77. The Morgan fingerprint density at radius 2 is 1.77 bits per heavy atom. The van der Waals surface area contributed by atoms with Crippen LogP contribution in [0.3, 0.4) is 0 Å². The molecule has 0 bridgehead atoms. The first-order valence-electron chi connectivity index (χ1n) is 3.62. The Morgan fingerprint density at radius 1 is 1.31 bits per heavy atom. The largest absolute Gasteiger partial charge is 0.430 e. The van der Waals surface area contributed by atoms with Crippen molar-refractivity contribution in [3.8, 4) is 0 Å². The van der Waals surface area contributed by atoms with E-state index in [0.29, 0.717) is 16.6 Å². The molecular formula is C6H11Br2O3PS.